The van der Waals surface area contributed by atoms with Gasteiger partial charge in [0.25, 0.3) is 5.91 Å². The number of carbonyl (C=O) groups is 1. The minimum atomic E-state index is -0.0243. The second-order valence-corrected chi connectivity index (χ2v) is 6.18. The van der Waals surface area contributed by atoms with Crippen molar-refractivity contribution in [3.63, 3.8) is 0 Å². The Hall–Kier alpha value is -1.98. The summed E-state index contributed by atoms with van der Waals surface area (Å²) in [5.41, 5.74) is 4.85. The van der Waals surface area contributed by atoms with E-state index in [-0.39, 0.29) is 5.91 Å². The van der Waals surface area contributed by atoms with Gasteiger partial charge in [-0.1, -0.05) is 12.1 Å². The van der Waals surface area contributed by atoms with E-state index < -0.39 is 0 Å². The van der Waals surface area contributed by atoms with E-state index in [1.807, 2.05) is 43.5 Å². The highest BCUT2D eigenvalue weighted by Gasteiger charge is 2.16. The Morgan fingerprint density at radius 2 is 2.00 bits per heavy atom. The number of aromatic nitrogens is 1. The van der Waals surface area contributed by atoms with Gasteiger partial charge in [0.15, 0.2) is 0 Å². The molecule has 0 aliphatic carbocycles. The summed E-state index contributed by atoms with van der Waals surface area (Å²) in [6.07, 6.45) is 0. The summed E-state index contributed by atoms with van der Waals surface area (Å²) in [7, 11) is 0. The lowest BCUT2D eigenvalue weighted by Crippen LogP contribution is -2.36. The minimum Gasteiger partial charge on any atom is -0.322 e. The van der Waals surface area contributed by atoms with E-state index in [0.717, 1.165) is 40.6 Å². The summed E-state index contributed by atoms with van der Waals surface area (Å²) in [6.45, 7) is 5.51. The summed E-state index contributed by atoms with van der Waals surface area (Å²) in [5, 5.41) is 9.17. The van der Waals surface area contributed by atoms with Crippen LogP contribution in [0.2, 0.25) is 0 Å². The lowest BCUT2D eigenvalue weighted by molar-refractivity contribution is -0.112. The van der Waals surface area contributed by atoms with Gasteiger partial charge in [-0.3, -0.25) is 4.79 Å². The first-order valence-corrected chi connectivity index (χ1v) is 7.75. The van der Waals surface area contributed by atoms with E-state index in [0.29, 0.717) is 0 Å². The zero-order valence-corrected chi connectivity index (χ0v) is 12.9. The van der Waals surface area contributed by atoms with Gasteiger partial charge in [-0.15, -0.1) is 11.3 Å². The molecule has 2 N–H and O–H groups in total. The molecule has 2 heterocycles. The first-order chi connectivity index (χ1) is 10.1. The first-order valence-electron chi connectivity index (χ1n) is 6.87. The van der Waals surface area contributed by atoms with Crippen LogP contribution in [0.4, 0.5) is 5.69 Å². The number of hydrogen-bond donors (Lipinski definition) is 2. The molecule has 1 aliphatic rings. The van der Waals surface area contributed by atoms with Crippen LogP contribution in [-0.2, 0) is 4.79 Å². The minimum absolute atomic E-state index is 0.0243. The van der Waals surface area contributed by atoms with Crippen LogP contribution in [0, 0.1) is 6.92 Å². The SMILES string of the molecule is CC(C(=O)Nc1ccc(-c2csc(C)n2)cc1)=C1CNC1. The summed E-state index contributed by atoms with van der Waals surface area (Å²) in [5.74, 6) is -0.0243. The molecule has 0 bridgehead atoms. The van der Waals surface area contributed by atoms with Crippen LogP contribution in [0.3, 0.4) is 0 Å². The van der Waals surface area contributed by atoms with Gasteiger partial charge in [0, 0.05) is 35.3 Å². The predicted molar refractivity (Wildman–Crippen MR) is 86.5 cm³/mol. The van der Waals surface area contributed by atoms with E-state index >= 15 is 0 Å². The summed E-state index contributed by atoms with van der Waals surface area (Å²) < 4.78 is 0. The summed E-state index contributed by atoms with van der Waals surface area (Å²) >= 11 is 1.64. The molecule has 2 aromatic rings. The van der Waals surface area contributed by atoms with Crippen molar-refractivity contribution in [2.45, 2.75) is 13.8 Å². The Morgan fingerprint density at radius 3 is 2.52 bits per heavy atom. The quantitative estimate of drug-likeness (QED) is 0.857. The molecule has 0 spiro atoms. The van der Waals surface area contributed by atoms with Gasteiger partial charge in [0.05, 0.1) is 10.7 Å². The number of hydrogen-bond acceptors (Lipinski definition) is 4. The lowest BCUT2D eigenvalue weighted by Gasteiger charge is -2.21. The molecule has 108 valence electrons. The van der Waals surface area contributed by atoms with Gasteiger partial charge in [-0.25, -0.2) is 4.98 Å². The number of nitrogens with one attached hydrogen (secondary N) is 2. The van der Waals surface area contributed by atoms with E-state index in [4.69, 9.17) is 0 Å². The highest BCUT2D eigenvalue weighted by Crippen LogP contribution is 2.23. The molecule has 1 aliphatic heterocycles. The van der Waals surface area contributed by atoms with Gasteiger partial charge < -0.3 is 10.6 Å². The van der Waals surface area contributed by atoms with Crippen molar-refractivity contribution in [1.29, 1.82) is 0 Å². The maximum absolute atomic E-state index is 12.1. The van der Waals surface area contributed by atoms with Gasteiger partial charge in [-0.05, 0) is 31.6 Å². The van der Waals surface area contributed by atoms with Crippen LogP contribution in [0.25, 0.3) is 11.3 Å². The van der Waals surface area contributed by atoms with E-state index in [2.05, 4.69) is 15.6 Å². The summed E-state index contributed by atoms with van der Waals surface area (Å²) in [4.78, 5) is 16.6. The number of thiazole rings is 1. The van der Waals surface area contributed by atoms with Crippen LogP contribution in [0.5, 0.6) is 0 Å². The number of rotatable bonds is 3. The maximum atomic E-state index is 12.1. The number of benzene rings is 1. The third-order valence-corrected chi connectivity index (χ3v) is 4.38. The van der Waals surface area contributed by atoms with Crippen LogP contribution >= 0.6 is 11.3 Å². The smallest absolute Gasteiger partial charge is 0.251 e. The predicted octanol–water partition coefficient (Wildman–Crippen LogP) is 2.98. The van der Waals surface area contributed by atoms with Crippen molar-refractivity contribution < 1.29 is 4.79 Å². The Morgan fingerprint density at radius 1 is 1.29 bits per heavy atom. The molecule has 1 amide bonds. The molecule has 1 fully saturated rings. The van der Waals surface area contributed by atoms with Gasteiger partial charge >= 0.3 is 0 Å². The van der Waals surface area contributed by atoms with Crippen molar-refractivity contribution in [3.05, 3.63) is 45.8 Å². The van der Waals surface area contributed by atoms with E-state index in [1.54, 1.807) is 11.3 Å². The van der Waals surface area contributed by atoms with Crippen molar-refractivity contribution in [2.24, 2.45) is 0 Å². The second-order valence-electron chi connectivity index (χ2n) is 5.12. The number of amides is 1. The molecular formula is C16H17N3OS. The van der Waals surface area contributed by atoms with Crippen molar-refractivity contribution >= 4 is 22.9 Å². The van der Waals surface area contributed by atoms with Crippen molar-refractivity contribution in [1.82, 2.24) is 10.3 Å². The standard InChI is InChI=1S/C16H17N3OS/c1-10(13-7-17-8-13)16(20)19-14-5-3-12(4-6-14)15-9-21-11(2)18-15/h3-6,9,17H,7-8H2,1-2H3,(H,19,20). The molecular weight excluding hydrogens is 282 g/mol. The molecule has 5 heteroatoms. The average molecular weight is 299 g/mol. The van der Waals surface area contributed by atoms with Crippen LogP contribution in [-0.4, -0.2) is 24.0 Å². The molecule has 0 saturated carbocycles. The van der Waals surface area contributed by atoms with E-state index in [1.165, 1.54) is 5.57 Å². The van der Waals surface area contributed by atoms with Crippen LogP contribution in [0.15, 0.2) is 40.8 Å². The number of anilines is 1. The normalized spacial score (nSPS) is 13.7. The fraction of sp³-hybridized carbons (Fsp3) is 0.250. The highest BCUT2D eigenvalue weighted by atomic mass is 32.1. The molecule has 4 nitrogen and oxygen atoms in total. The fourth-order valence-corrected chi connectivity index (χ4v) is 2.74. The molecule has 3 rings (SSSR count). The van der Waals surface area contributed by atoms with Crippen LogP contribution < -0.4 is 10.6 Å². The Balaban J connectivity index is 1.71. The summed E-state index contributed by atoms with van der Waals surface area (Å²) in [6, 6.07) is 7.80. The molecule has 21 heavy (non-hydrogen) atoms. The third kappa shape index (κ3) is 3.04. The molecule has 1 aromatic heterocycles. The Bertz CT molecular complexity index is 695. The first kappa shape index (κ1) is 14.0. The van der Waals surface area contributed by atoms with Gasteiger partial charge in [0.2, 0.25) is 0 Å². The van der Waals surface area contributed by atoms with Gasteiger partial charge in [-0.2, -0.15) is 0 Å². The molecule has 1 aromatic carbocycles. The number of carbonyl (C=O) groups excluding carboxylic acids is 1. The second kappa shape index (κ2) is 5.79. The molecule has 0 radical (unpaired) electrons. The number of aryl methyl sites for hydroxylation is 1. The highest BCUT2D eigenvalue weighted by molar-refractivity contribution is 7.09. The Kier molecular flexibility index (Phi) is 3.86. The van der Waals surface area contributed by atoms with Crippen LogP contribution in [0.1, 0.15) is 11.9 Å². The topological polar surface area (TPSA) is 54.0 Å². The van der Waals surface area contributed by atoms with Crippen molar-refractivity contribution in [3.8, 4) is 11.3 Å². The molecule has 0 unspecified atom stereocenters. The fourth-order valence-electron chi connectivity index (χ4n) is 2.12. The monoisotopic (exact) mass is 299 g/mol. The number of nitrogens with zero attached hydrogens (tertiary/aromatic N) is 1. The Labute approximate surface area is 127 Å². The molecule has 0 atom stereocenters. The zero-order chi connectivity index (χ0) is 14.8. The zero-order valence-electron chi connectivity index (χ0n) is 12.1. The molecule has 1 saturated heterocycles. The average Bonchev–Trinajstić information content (AvgIpc) is 2.84. The largest absolute Gasteiger partial charge is 0.322 e. The third-order valence-electron chi connectivity index (χ3n) is 3.61. The van der Waals surface area contributed by atoms with Crippen molar-refractivity contribution in [2.75, 3.05) is 18.4 Å². The van der Waals surface area contributed by atoms with Gasteiger partial charge in [0.1, 0.15) is 0 Å². The maximum Gasteiger partial charge on any atom is 0.251 e. The van der Waals surface area contributed by atoms with E-state index in [9.17, 15) is 4.79 Å². The lowest BCUT2D eigenvalue weighted by atomic mass is 10.0.